The third-order valence-corrected chi connectivity index (χ3v) is 0.928. The predicted molar refractivity (Wildman–Crippen MR) is 39.4 cm³/mol. The van der Waals surface area contributed by atoms with Gasteiger partial charge in [-0.05, 0) is 0 Å². The monoisotopic (exact) mass is 144 g/mol. The van der Waals surface area contributed by atoms with Gasteiger partial charge in [0.05, 0.1) is 14.2 Å². The maximum atomic E-state index is 4.82. The second-order valence-electron chi connectivity index (χ2n) is 1.48. The van der Waals surface area contributed by atoms with E-state index in [1.165, 1.54) is 25.5 Å². The van der Waals surface area contributed by atoms with E-state index < -0.39 is 0 Å². The molecule has 0 bridgehead atoms. The quantitative estimate of drug-likeness (QED) is 0.324. The van der Waals surface area contributed by atoms with Crippen molar-refractivity contribution in [3.8, 4) is 0 Å². The zero-order chi connectivity index (χ0) is 7.98. The second-order valence-corrected chi connectivity index (χ2v) is 1.48. The molecule has 0 amide bonds. The molecule has 0 aromatic carbocycles. The molecular weight excluding hydrogens is 132 g/mol. The molecule has 0 unspecified atom stereocenters. The number of hydrogen-bond donors (Lipinski definition) is 0. The van der Waals surface area contributed by atoms with Gasteiger partial charge in [-0.2, -0.15) is 0 Å². The van der Waals surface area contributed by atoms with Gasteiger partial charge in [-0.25, -0.2) is 10.1 Å². The number of amidine groups is 1. The standard InChI is InChI=1S/C6H12N2O2/c1-5-7-6(9-3)8(2)10-4/h5H,1H2,2-4H3/b7-6+. The molecule has 0 atom stereocenters. The van der Waals surface area contributed by atoms with Gasteiger partial charge in [0, 0.05) is 13.2 Å². The Morgan fingerprint density at radius 1 is 1.60 bits per heavy atom. The summed E-state index contributed by atoms with van der Waals surface area (Å²) in [6, 6.07) is 0.373. The number of methoxy groups -OCH3 is 1. The average Bonchev–Trinajstić information content (AvgIpc) is 1.99. The van der Waals surface area contributed by atoms with Crippen molar-refractivity contribution in [3.05, 3.63) is 12.8 Å². The zero-order valence-corrected chi connectivity index (χ0v) is 6.50. The van der Waals surface area contributed by atoms with Gasteiger partial charge < -0.3 is 4.74 Å². The van der Waals surface area contributed by atoms with Gasteiger partial charge in [0.25, 0.3) is 0 Å². The topological polar surface area (TPSA) is 34.1 Å². The molecule has 10 heavy (non-hydrogen) atoms. The van der Waals surface area contributed by atoms with Gasteiger partial charge in [-0.15, -0.1) is 0 Å². The molecule has 0 fully saturated rings. The lowest BCUT2D eigenvalue weighted by Gasteiger charge is -2.14. The Labute approximate surface area is 60.7 Å². The highest BCUT2D eigenvalue weighted by atomic mass is 16.7. The average molecular weight is 144 g/mol. The van der Waals surface area contributed by atoms with E-state index in [2.05, 4.69) is 11.6 Å². The Kier molecular flexibility index (Phi) is 4.32. The lowest BCUT2D eigenvalue weighted by atomic mass is 10.9. The normalized spacial score (nSPS) is 10.9. The van der Waals surface area contributed by atoms with Crippen LogP contribution in [-0.2, 0) is 9.57 Å². The van der Waals surface area contributed by atoms with E-state index in [0.29, 0.717) is 6.02 Å². The van der Waals surface area contributed by atoms with Crippen LogP contribution < -0.4 is 0 Å². The molecule has 0 aromatic heterocycles. The summed E-state index contributed by atoms with van der Waals surface area (Å²) < 4.78 is 4.82. The number of hydrogen-bond acceptors (Lipinski definition) is 3. The summed E-state index contributed by atoms with van der Waals surface area (Å²) in [5, 5.41) is 1.39. The molecule has 58 valence electrons. The smallest absolute Gasteiger partial charge is 0.316 e. The molecule has 0 aliphatic heterocycles. The first kappa shape index (κ1) is 8.97. The number of hydroxylamine groups is 2. The minimum absolute atomic E-state index is 0.373. The van der Waals surface area contributed by atoms with E-state index in [0.717, 1.165) is 0 Å². The van der Waals surface area contributed by atoms with Crippen LogP contribution >= 0.6 is 0 Å². The minimum atomic E-state index is 0.373. The minimum Gasteiger partial charge on any atom is -0.467 e. The molecule has 4 heteroatoms. The fourth-order valence-corrected chi connectivity index (χ4v) is 0.419. The number of rotatable bonds is 2. The molecule has 0 saturated carbocycles. The summed E-state index contributed by atoms with van der Waals surface area (Å²) >= 11 is 0. The molecule has 4 nitrogen and oxygen atoms in total. The summed E-state index contributed by atoms with van der Waals surface area (Å²) in [6.07, 6.45) is 1.38. The highest BCUT2D eigenvalue weighted by Gasteiger charge is 2.01. The van der Waals surface area contributed by atoms with Crippen LogP contribution in [0.5, 0.6) is 0 Å². The summed E-state index contributed by atoms with van der Waals surface area (Å²) in [7, 11) is 4.72. The molecule has 0 rings (SSSR count). The fourth-order valence-electron chi connectivity index (χ4n) is 0.419. The molecule has 0 N–H and O–H groups in total. The van der Waals surface area contributed by atoms with Crippen LogP contribution in [0.3, 0.4) is 0 Å². The zero-order valence-electron chi connectivity index (χ0n) is 6.50. The van der Waals surface area contributed by atoms with E-state index in [9.17, 15) is 0 Å². The Morgan fingerprint density at radius 3 is 2.50 bits per heavy atom. The summed E-state index contributed by atoms with van der Waals surface area (Å²) in [4.78, 5) is 8.56. The van der Waals surface area contributed by atoms with Gasteiger partial charge >= 0.3 is 6.02 Å². The van der Waals surface area contributed by atoms with E-state index in [4.69, 9.17) is 9.57 Å². The van der Waals surface area contributed by atoms with Crippen LogP contribution in [-0.4, -0.2) is 32.4 Å². The number of ether oxygens (including phenoxy) is 1. The van der Waals surface area contributed by atoms with E-state index in [1.807, 2.05) is 0 Å². The van der Waals surface area contributed by atoms with Crippen molar-refractivity contribution in [1.29, 1.82) is 0 Å². The van der Waals surface area contributed by atoms with Gasteiger partial charge in [0.15, 0.2) is 0 Å². The Hall–Kier alpha value is -1.03. The van der Waals surface area contributed by atoms with Gasteiger partial charge in [0.2, 0.25) is 0 Å². The molecule has 0 aliphatic rings. The highest BCUT2D eigenvalue weighted by Crippen LogP contribution is 1.88. The first-order valence-electron chi connectivity index (χ1n) is 2.76. The SMILES string of the molecule is C=C/N=C(/OC)N(C)OC. The molecule has 0 spiro atoms. The predicted octanol–water partition coefficient (Wildman–Crippen LogP) is 0.625. The molecule has 0 aromatic rings. The van der Waals surface area contributed by atoms with E-state index in [1.54, 1.807) is 7.05 Å². The van der Waals surface area contributed by atoms with Gasteiger partial charge in [-0.1, -0.05) is 6.58 Å². The summed E-state index contributed by atoms with van der Waals surface area (Å²) in [6.45, 7) is 3.42. The fraction of sp³-hybridized carbons (Fsp3) is 0.500. The lowest BCUT2D eigenvalue weighted by molar-refractivity contribution is -0.0603. The maximum Gasteiger partial charge on any atom is 0.316 e. The maximum absolute atomic E-state index is 4.82. The Bertz CT molecular complexity index is 134. The van der Waals surface area contributed by atoms with Crippen LogP contribution in [0.15, 0.2) is 17.8 Å². The van der Waals surface area contributed by atoms with Crippen LogP contribution in [0.4, 0.5) is 0 Å². The number of aliphatic imine (C=N–C) groups is 1. The second kappa shape index (κ2) is 4.81. The van der Waals surface area contributed by atoms with Crippen molar-refractivity contribution in [2.45, 2.75) is 0 Å². The third kappa shape index (κ3) is 2.50. The molecule has 0 saturated heterocycles. The highest BCUT2D eigenvalue weighted by molar-refractivity contribution is 5.72. The van der Waals surface area contributed by atoms with E-state index in [-0.39, 0.29) is 0 Å². The van der Waals surface area contributed by atoms with Crippen molar-refractivity contribution < 1.29 is 9.57 Å². The first-order chi connectivity index (χ1) is 4.76. The van der Waals surface area contributed by atoms with Crippen LogP contribution in [0, 0.1) is 0 Å². The van der Waals surface area contributed by atoms with Crippen LogP contribution in [0.1, 0.15) is 0 Å². The van der Waals surface area contributed by atoms with E-state index >= 15 is 0 Å². The van der Waals surface area contributed by atoms with Crippen molar-refractivity contribution in [2.24, 2.45) is 4.99 Å². The summed E-state index contributed by atoms with van der Waals surface area (Å²) in [5.41, 5.74) is 0. The van der Waals surface area contributed by atoms with Crippen LogP contribution in [0.25, 0.3) is 0 Å². The number of nitrogens with zero attached hydrogens (tertiary/aromatic N) is 2. The van der Waals surface area contributed by atoms with Crippen molar-refractivity contribution >= 4 is 6.02 Å². The van der Waals surface area contributed by atoms with Gasteiger partial charge in [0.1, 0.15) is 0 Å². The summed E-state index contributed by atoms with van der Waals surface area (Å²) in [5.74, 6) is 0. The van der Waals surface area contributed by atoms with Gasteiger partial charge in [-0.3, -0.25) is 4.84 Å². The lowest BCUT2D eigenvalue weighted by Crippen LogP contribution is -2.26. The van der Waals surface area contributed by atoms with Crippen LogP contribution in [0.2, 0.25) is 0 Å². The molecule has 0 heterocycles. The molecule has 0 aliphatic carbocycles. The van der Waals surface area contributed by atoms with Crippen molar-refractivity contribution in [3.63, 3.8) is 0 Å². The Balaban J connectivity index is 4.04. The Morgan fingerprint density at radius 2 is 2.20 bits per heavy atom. The third-order valence-electron chi connectivity index (χ3n) is 0.928. The largest absolute Gasteiger partial charge is 0.467 e. The van der Waals surface area contributed by atoms with Crippen molar-refractivity contribution in [1.82, 2.24) is 5.06 Å². The molecular formula is C6H12N2O2. The molecule has 0 radical (unpaired) electrons. The van der Waals surface area contributed by atoms with Crippen molar-refractivity contribution in [2.75, 3.05) is 21.3 Å². The first-order valence-corrected chi connectivity index (χ1v) is 2.76.